The van der Waals surface area contributed by atoms with Gasteiger partial charge >= 0.3 is 0 Å². The van der Waals surface area contributed by atoms with Gasteiger partial charge in [0.2, 0.25) is 0 Å². The highest BCUT2D eigenvalue weighted by Crippen LogP contribution is 2.44. The van der Waals surface area contributed by atoms with E-state index in [4.69, 9.17) is 9.47 Å². The van der Waals surface area contributed by atoms with Crippen LogP contribution in [0.5, 0.6) is 11.5 Å². The van der Waals surface area contributed by atoms with Gasteiger partial charge in [0.1, 0.15) is 16.0 Å². The summed E-state index contributed by atoms with van der Waals surface area (Å²) in [5.74, 6) is 1.51. The first kappa shape index (κ1) is 15.6. The maximum atomic E-state index is 11.0. The molecule has 2 unspecified atom stereocenters. The fourth-order valence-corrected chi connectivity index (χ4v) is 3.51. The van der Waals surface area contributed by atoms with Gasteiger partial charge in [0.05, 0.1) is 19.8 Å². The van der Waals surface area contributed by atoms with E-state index in [1.165, 1.54) is 0 Å². The molecule has 5 heteroatoms. The third-order valence-corrected chi connectivity index (χ3v) is 4.87. The lowest BCUT2D eigenvalue weighted by molar-refractivity contribution is -0.0175. The Hall–Kier alpha value is -0.780. The molecular formula is C15H22BrNO3. The van der Waals surface area contributed by atoms with Gasteiger partial charge in [0, 0.05) is 18.0 Å². The summed E-state index contributed by atoms with van der Waals surface area (Å²) < 4.78 is 11.5. The second-order valence-corrected chi connectivity index (χ2v) is 6.15. The van der Waals surface area contributed by atoms with Crippen molar-refractivity contribution in [1.82, 2.24) is 5.32 Å². The Labute approximate surface area is 128 Å². The molecule has 0 spiro atoms. The molecule has 1 aliphatic heterocycles. The lowest BCUT2D eigenvalue weighted by Gasteiger charge is -2.37. The molecule has 0 saturated carbocycles. The molecule has 0 aliphatic carbocycles. The average molecular weight is 344 g/mol. The van der Waals surface area contributed by atoms with Crippen LogP contribution < -0.4 is 14.8 Å². The minimum atomic E-state index is -0.937. The highest BCUT2D eigenvalue weighted by Gasteiger charge is 2.37. The van der Waals surface area contributed by atoms with Crippen molar-refractivity contribution in [2.75, 3.05) is 27.3 Å². The molecule has 2 atom stereocenters. The zero-order valence-electron chi connectivity index (χ0n) is 12.2. The van der Waals surface area contributed by atoms with Crippen LogP contribution in [-0.2, 0) is 5.60 Å². The first-order chi connectivity index (χ1) is 9.52. The predicted octanol–water partition coefficient (Wildman–Crippen LogP) is 2.67. The van der Waals surface area contributed by atoms with Crippen LogP contribution in [0.1, 0.15) is 25.3 Å². The Morgan fingerprint density at radius 2 is 2.10 bits per heavy atom. The van der Waals surface area contributed by atoms with Crippen LogP contribution in [0.15, 0.2) is 16.6 Å². The largest absolute Gasteiger partial charge is 0.495 e. The maximum Gasteiger partial charge on any atom is 0.142 e. The van der Waals surface area contributed by atoms with Gasteiger partial charge in [-0.1, -0.05) is 0 Å². The van der Waals surface area contributed by atoms with Crippen LogP contribution in [-0.4, -0.2) is 32.4 Å². The topological polar surface area (TPSA) is 50.7 Å². The highest BCUT2D eigenvalue weighted by molar-refractivity contribution is 9.10. The van der Waals surface area contributed by atoms with Crippen LogP contribution in [0.2, 0.25) is 0 Å². The molecule has 1 aromatic rings. The van der Waals surface area contributed by atoms with Gasteiger partial charge < -0.3 is 19.9 Å². The molecule has 20 heavy (non-hydrogen) atoms. The van der Waals surface area contributed by atoms with E-state index in [0.717, 1.165) is 36.0 Å². The third kappa shape index (κ3) is 2.80. The maximum absolute atomic E-state index is 11.0. The van der Waals surface area contributed by atoms with Crippen LogP contribution in [0, 0.1) is 5.92 Å². The summed E-state index contributed by atoms with van der Waals surface area (Å²) in [4.78, 5) is 0. The van der Waals surface area contributed by atoms with Crippen molar-refractivity contribution >= 4 is 15.9 Å². The predicted molar refractivity (Wildman–Crippen MR) is 82.4 cm³/mol. The Morgan fingerprint density at radius 1 is 1.35 bits per heavy atom. The number of methoxy groups -OCH3 is 2. The van der Waals surface area contributed by atoms with E-state index in [9.17, 15) is 5.11 Å². The summed E-state index contributed by atoms with van der Waals surface area (Å²) in [7, 11) is 3.22. The van der Waals surface area contributed by atoms with E-state index in [1.807, 2.05) is 19.1 Å². The van der Waals surface area contributed by atoms with Crippen molar-refractivity contribution in [1.29, 1.82) is 0 Å². The normalized spacial score (nSPS) is 22.1. The number of hydrogen-bond acceptors (Lipinski definition) is 4. The molecule has 1 heterocycles. The van der Waals surface area contributed by atoms with Crippen molar-refractivity contribution < 1.29 is 14.6 Å². The van der Waals surface area contributed by atoms with Gasteiger partial charge in [-0.25, -0.2) is 0 Å². The molecule has 112 valence electrons. The first-order valence-corrected chi connectivity index (χ1v) is 7.65. The monoisotopic (exact) mass is 343 g/mol. The fourth-order valence-electron chi connectivity index (χ4n) is 2.85. The van der Waals surface area contributed by atoms with Gasteiger partial charge in [-0.3, -0.25) is 0 Å². The Morgan fingerprint density at radius 3 is 2.65 bits per heavy atom. The van der Waals surface area contributed by atoms with Crippen molar-refractivity contribution in [2.24, 2.45) is 5.92 Å². The Balaban J connectivity index is 2.42. The second-order valence-electron chi connectivity index (χ2n) is 5.35. The summed E-state index contributed by atoms with van der Waals surface area (Å²) >= 11 is 3.49. The number of aliphatic hydroxyl groups is 1. The molecule has 1 fully saturated rings. The first-order valence-electron chi connectivity index (χ1n) is 6.86. The number of halogens is 1. The Bertz CT molecular complexity index is 470. The summed E-state index contributed by atoms with van der Waals surface area (Å²) in [6.07, 6.45) is 2.09. The molecule has 0 bridgehead atoms. The lowest BCUT2D eigenvalue weighted by atomic mass is 9.78. The van der Waals surface area contributed by atoms with E-state index in [0.29, 0.717) is 11.5 Å². The second kappa shape index (κ2) is 6.33. The lowest BCUT2D eigenvalue weighted by Crippen LogP contribution is -2.42. The zero-order valence-corrected chi connectivity index (χ0v) is 13.8. The van der Waals surface area contributed by atoms with Crippen LogP contribution in [0.3, 0.4) is 0 Å². The molecular weight excluding hydrogens is 322 g/mol. The molecule has 1 aromatic carbocycles. The van der Waals surface area contributed by atoms with Gasteiger partial charge in [-0.15, -0.1) is 0 Å². The van der Waals surface area contributed by atoms with Crippen molar-refractivity contribution in [3.8, 4) is 11.5 Å². The fraction of sp³-hybridized carbons (Fsp3) is 0.600. The molecule has 0 aromatic heterocycles. The number of nitrogens with one attached hydrogen (secondary N) is 1. The number of hydrogen-bond donors (Lipinski definition) is 2. The standard InChI is InChI=1S/C15H22BrNO3/c1-15(18,10-5-4-8-17-9-10)11-6-7-12(19-2)13(16)14(11)20-3/h6-7,10,17-18H,4-5,8-9H2,1-3H3. The smallest absolute Gasteiger partial charge is 0.142 e. The molecule has 1 aliphatic rings. The van der Waals surface area contributed by atoms with Crippen LogP contribution in [0.25, 0.3) is 0 Å². The zero-order chi connectivity index (χ0) is 14.8. The molecule has 0 radical (unpaired) electrons. The Kier molecular flexibility index (Phi) is 4.94. The van der Waals surface area contributed by atoms with Gasteiger partial charge in [-0.2, -0.15) is 0 Å². The summed E-state index contributed by atoms with van der Waals surface area (Å²) in [6.45, 7) is 3.71. The van der Waals surface area contributed by atoms with E-state index in [-0.39, 0.29) is 5.92 Å². The van der Waals surface area contributed by atoms with Gasteiger partial charge in [0.25, 0.3) is 0 Å². The molecule has 2 rings (SSSR count). The van der Waals surface area contributed by atoms with E-state index in [2.05, 4.69) is 21.2 Å². The summed E-state index contributed by atoms with van der Waals surface area (Å²) in [6, 6.07) is 3.74. The average Bonchev–Trinajstić information content (AvgIpc) is 2.47. The number of piperidine rings is 1. The highest BCUT2D eigenvalue weighted by atomic mass is 79.9. The number of benzene rings is 1. The minimum Gasteiger partial charge on any atom is -0.495 e. The quantitative estimate of drug-likeness (QED) is 0.882. The van der Waals surface area contributed by atoms with Crippen LogP contribution >= 0.6 is 15.9 Å². The SMILES string of the molecule is COc1ccc(C(C)(O)C2CCCNC2)c(OC)c1Br. The summed E-state index contributed by atoms with van der Waals surface area (Å²) in [5.41, 5.74) is -0.144. The van der Waals surface area contributed by atoms with Gasteiger partial charge in [-0.05, 0) is 54.4 Å². The van der Waals surface area contributed by atoms with E-state index >= 15 is 0 Å². The molecule has 1 saturated heterocycles. The van der Waals surface area contributed by atoms with E-state index in [1.54, 1.807) is 14.2 Å². The summed E-state index contributed by atoms with van der Waals surface area (Å²) in [5, 5.41) is 14.4. The van der Waals surface area contributed by atoms with Crippen molar-refractivity contribution in [2.45, 2.75) is 25.4 Å². The minimum absolute atomic E-state index is 0.172. The third-order valence-electron chi connectivity index (χ3n) is 4.12. The molecule has 0 amide bonds. The van der Waals surface area contributed by atoms with Crippen molar-refractivity contribution in [3.05, 3.63) is 22.2 Å². The van der Waals surface area contributed by atoms with E-state index < -0.39 is 5.60 Å². The number of ether oxygens (including phenoxy) is 2. The molecule has 4 nitrogen and oxygen atoms in total. The van der Waals surface area contributed by atoms with Gasteiger partial charge in [0.15, 0.2) is 0 Å². The van der Waals surface area contributed by atoms with Crippen LogP contribution in [0.4, 0.5) is 0 Å². The number of rotatable bonds is 4. The molecule has 2 N–H and O–H groups in total. The van der Waals surface area contributed by atoms with Crippen molar-refractivity contribution in [3.63, 3.8) is 0 Å².